The molecular weight excluding hydrogens is 191 g/mol. The SMILES string of the molecule is CC(C)C[O][Zr].Cl. The van der Waals surface area contributed by atoms with Gasteiger partial charge in [-0.3, -0.25) is 0 Å². The van der Waals surface area contributed by atoms with E-state index >= 15 is 0 Å². The van der Waals surface area contributed by atoms with Gasteiger partial charge in [-0.25, -0.2) is 0 Å². The van der Waals surface area contributed by atoms with E-state index in [-0.39, 0.29) is 12.4 Å². The topological polar surface area (TPSA) is 9.23 Å². The summed E-state index contributed by atoms with van der Waals surface area (Å²) in [6.07, 6.45) is 0. The second kappa shape index (κ2) is 7.13. The Morgan fingerprint density at radius 1 is 1.57 bits per heavy atom. The van der Waals surface area contributed by atoms with Crippen molar-refractivity contribution in [1.29, 1.82) is 0 Å². The summed E-state index contributed by atoms with van der Waals surface area (Å²) in [5.74, 6) is 0.698. The van der Waals surface area contributed by atoms with Gasteiger partial charge in [0.15, 0.2) is 0 Å². The number of hydrogen-bond acceptors (Lipinski definition) is 1. The number of hydrogen-bond donors (Lipinski definition) is 0. The normalized spacial score (nSPS) is 8.29. The van der Waals surface area contributed by atoms with Gasteiger partial charge >= 0.3 is 54.3 Å². The summed E-state index contributed by atoms with van der Waals surface area (Å²) in [6, 6.07) is 0. The van der Waals surface area contributed by atoms with Crippen molar-refractivity contribution in [3.05, 3.63) is 0 Å². The summed E-state index contributed by atoms with van der Waals surface area (Å²) in [7, 11) is 0. The Morgan fingerprint density at radius 3 is 2.00 bits per heavy atom. The van der Waals surface area contributed by atoms with Gasteiger partial charge in [0.1, 0.15) is 0 Å². The van der Waals surface area contributed by atoms with Crippen LogP contribution in [0.15, 0.2) is 0 Å². The molecule has 0 bridgehead atoms. The molecule has 0 fully saturated rings. The summed E-state index contributed by atoms with van der Waals surface area (Å²) < 4.78 is 4.89. The molecule has 0 saturated carbocycles. The van der Waals surface area contributed by atoms with Crippen molar-refractivity contribution < 1.29 is 28.0 Å². The molecular formula is C4H10ClOZr. The molecule has 43 valence electrons. The second-order valence-corrected chi connectivity index (χ2v) is 2.41. The Bertz CT molecular complexity index is 32.9. The summed E-state index contributed by atoms with van der Waals surface area (Å²) in [4.78, 5) is 0. The predicted octanol–water partition coefficient (Wildman–Crippen LogP) is 1.54. The average molecular weight is 201 g/mol. The van der Waals surface area contributed by atoms with E-state index < -0.39 is 0 Å². The van der Waals surface area contributed by atoms with Gasteiger partial charge in [-0.05, 0) is 0 Å². The van der Waals surface area contributed by atoms with E-state index in [1.165, 1.54) is 25.2 Å². The Kier molecular flexibility index (Phi) is 11.2. The van der Waals surface area contributed by atoms with Gasteiger partial charge < -0.3 is 0 Å². The molecule has 0 N–H and O–H groups in total. The van der Waals surface area contributed by atoms with E-state index in [1.807, 2.05) is 0 Å². The number of halogens is 1. The minimum Gasteiger partial charge on any atom is -0.147 e. The van der Waals surface area contributed by atoms with E-state index in [4.69, 9.17) is 2.81 Å². The van der Waals surface area contributed by atoms with Crippen molar-refractivity contribution in [3.8, 4) is 0 Å². The van der Waals surface area contributed by atoms with Crippen molar-refractivity contribution in [2.24, 2.45) is 5.92 Å². The molecule has 0 aromatic carbocycles. The van der Waals surface area contributed by atoms with Crippen LogP contribution in [0.5, 0.6) is 0 Å². The van der Waals surface area contributed by atoms with E-state index in [0.717, 1.165) is 6.61 Å². The minimum absolute atomic E-state index is 0. The summed E-state index contributed by atoms with van der Waals surface area (Å²) >= 11 is 1.18. The Hall–Kier alpha value is 1.13. The van der Waals surface area contributed by atoms with Crippen LogP contribution < -0.4 is 0 Å². The molecule has 7 heavy (non-hydrogen) atoms. The maximum Gasteiger partial charge on any atom is -0.147 e. The number of rotatable bonds is 2. The first-order chi connectivity index (χ1) is 2.77. The Labute approximate surface area is 66.7 Å². The smallest absolute Gasteiger partial charge is 0.147 e. The fourth-order valence-corrected chi connectivity index (χ4v) is 0.986. The molecule has 0 aliphatic heterocycles. The van der Waals surface area contributed by atoms with Crippen molar-refractivity contribution in [2.45, 2.75) is 13.8 Å². The van der Waals surface area contributed by atoms with Crippen LogP contribution in [0.1, 0.15) is 13.8 Å². The van der Waals surface area contributed by atoms with E-state index in [9.17, 15) is 0 Å². The average Bonchev–Trinajstić information content (AvgIpc) is 1.35. The van der Waals surface area contributed by atoms with E-state index in [2.05, 4.69) is 13.8 Å². The molecule has 0 aliphatic rings. The van der Waals surface area contributed by atoms with Gasteiger partial charge in [0.25, 0.3) is 0 Å². The molecule has 0 radical (unpaired) electrons. The first-order valence-corrected chi connectivity index (χ1v) is 3.06. The van der Waals surface area contributed by atoms with Crippen LogP contribution in [0.4, 0.5) is 0 Å². The summed E-state index contributed by atoms with van der Waals surface area (Å²) in [5.41, 5.74) is 0. The molecule has 3 heteroatoms. The molecule has 0 spiro atoms. The standard InChI is InChI=1S/C4H9O.ClH.Zr/c1-4(2)3-5;;/h4H,3H2,1-2H3;1H;/q-1;;+1. The monoisotopic (exact) mass is 199 g/mol. The maximum atomic E-state index is 4.89. The van der Waals surface area contributed by atoms with Gasteiger partial charge in [-0.1, -0.05) is 0 Å². The quantitative estimate of drug-likeness (QED) is 0.658. The fourth-order valence-electron chi connectivity index (χ4n) is 0.167. The first-order valence-electron chi connectivity index (χ1n) is 2.06. The van der Waals surface area contributed by atoms with Gasteiger partial charge in [-0.2, -0.15) is 0 Å². The van der Waals surface area contributed by atoms with Crippen LogP contribution in [-0.4, -0.2) is 6.61 Å². The largest absolute Gasteiger partial charge is 0.147 e. The molecule has 0 aromatic rings. The van der Waals surface area contributed by atoms with Crippen LogP contribution in [0.3, 0.4) is 0 Å². The summed E-state index contributed by atoms with van der Waals surface area (Å²) in [6.45, 7) is 5.20. The van der Waals surface area contributed by atoms with E-state index in [1.54, 1.807) is 0 Å². The zero-order chi connectivity index (χ0) is 4.99. The molecule has 0 aliphatic carbocycles. The predicted molar refractivity (Wildman–Crippen MR) is 28.0 cm³/mol. The third kappa shape index (κ3) is 11.0. The van der Waals surface area contributed by atoms with Gasteiger partial charge in [0, 0.05) is 0 Å². The molecule has 0 unspecified atom stereocenters. The van der Waals surface area contributed by atoms with Gasteiger partial charge in [0.05, 0.1) is 0 Å². The van der Waals surface area contributed by atoms with Crippen LogP contribution in [-0.2, 0) is 28.0 Å². The molecule has 0 rings (SSSR count). The van der Waals surface area contributed by atoms with Crippen LogP contribution >= 0.6 is 12.4 Å². The van der Waals surface area contributed by atoms with Crippen LogP contribution in [0, 0.1) is 5.92 Å². The zero-order valence-corrected chi connectivity index (χ0v) is 7.88. The summed E-state index contributed by atoms with van der Waals surface area (Å²) in [5, 5.41) is 0. The molecule has 0 heterocycles. The fraction of sp³-hybridized carbons (Fsp3) is 1.00. The second-order valence-electron chi connectivity index (χ2n) is 1.70. The Morgan fingerprint density at radius 2 is 2.00 bits per heavy atom. The van der Waals surface area contributed by atoms with Crippen LogP contribution in [0.2, 0.25) is 0 Å². The van der Waals surface area contributed by atoms with Crippen molar-refractivity contribution >= 4 is 12.4 Å². The third-order valence-electron chi connectivity index (χ3n) is 0.417. The maximum absolute atomic E-state index is 4.89. The molecule has 0 aromatic heterocycles. The van der Waals surface area contributed by atoms with Gasteiger partial charge in [-0.15, -0.1) is 12.4 Å². The van der Waals surface area contributed by atoms with Gasteiger partial charge in [0.2, 0.25) is 0 Å². The van der Waals surface area contributed by atoms with Crippen molar-refractivity contribution in [2.75, 3.05) is 6.61 Å². The van der Waals surface area contributed by atoms with Crippen molar-refractivity contribution in [3.63, 3.8) is 0 Å². The molecule has 1 nitrogen and oxygen atoms in total. The molecule has 0 saturated heterocycles. The van der Waals surface area contributed by atoms with Crippen LogP contribution in [0.25, 0.3) is 0 Å². The molecule has 0 atom stereocenters. The first kappa shape index (κ1) is 11.0. The third-order valence-corrected chi connectivity index (χ3v) is 0.826. The zero-order valence-electron chi connectivity index (χ0n) is 4.60. The molecule has 0 amide bonds. The van der Waals surface area contributed by atoms with E-state index in [0.29, 0.717) is 5.92 Å². The minimum atomic E-state index is 0. The van der Waals surface area contributed by atoms with Crippen molar-refractivity contribution in [1.82, 2.24) is 0 Å². The Balaban J connectivity index is 0.